The number of aryl methyl sites for hydroxylation is 1. The molecule has 2 aromatic carbocycles. The Labute approximate surface area is 157 Å². The summed E-state index contributed by atoms with van der Waals surface area (Å²) in [5, 5.41) is 14.3. The minimum absolute atomic E-state index is 0.252. The molecule has 1 aromatic heterocycles. The van der Waals surface area contributed by atoms with Crippen molar-refractivity contribution in [3.8, 4) is 17.1 Å². The minimum Gasteiger partial charge on any atom is -0.495 e. The predicted octanol–water partition coefficient (Wildman–Crippen LogP) is 3.23. The van der Waals surface area contributed by atoms with Gasteiger partial charge in [0.25, 0.3) is 0 Å². The van der Waals surface area contributed by atoms with Crippen molar-refractivity contribution in [1.82, 2.24) is 20.2 Å². The van der Waals surface area contributed by atoms with Gasteiger partial charge in [0.15, 0.2) is 0 Å². The van der Waals surface area contributed by atoms with Crippen molar-refractivity contribution in [1.29, 1.82) is 0 Å². The lowest BCUT2D eigenvalue weighted by atomic mass is 10.2. The van der Waals surface area contributed by atoms with Crippen LogP contribution in [0.1, 0.15) is 5.56 Å². The van der Waals surface area contributed by atoms with Crippen LogP contribution in [0.3, 0.4) is 0 Å². The molecule has 3 rings (SSSR count). The standard InChI is InChI=1S/C17H14ClF2N5O2/c1-9-6-13(14(27-2)7-10(9)18)21-15(26)8-25-23-17(22-24-25)16-11(19)4-3-5-12(16)20/h3-7H,8H2,1-2H3,(H,21,26). The molecule has 0 unspecified atom stereocenters. The predicted molar refractivity (Wildman–Crippen MR) is 94.5 cm³/mol. The highest BCUT2D eigenvalue weighted by Crippen LogP contribution is 2.31. The zero-order valence-electron chi connectivity index (χ0n) is 14.3. The first-order chi connectivity index (χ1) is 12.9. The van der Waals surface area contributed by atoms with Gasteiger partial charge < -0.3 is 10.1 Å². The number of tetrazole rings is 1. The van der Waals surface area contributed by atoms with E-state index in [9.17, 15) is 13.6 Å². The fourth-order valence-electron chi connectivity index (χ4n) is 2.37. The Kier molecular flexibility index (Phi) is 5.31. The molecule has 1 heterocycles. The van der Waals surface area contributed by atoms with Crippen LogP contribution in [0, 0.1) is 18.6 Å². The first-order valence-electron chi connectivity index (χ1n) is 7.75. The topological polar surface area (TPSA) is 81.9 Å². The summed E-state index contributed by atoms with van der Waals surface area (Å²) in [5.41, 5.74) is 0.771. The van der Waals surface area contributed by atoms with E-state index in [2.05, 4.69) is 20.7 Å². The number of nitrogens with one attached hydrogen (secondary N) is 1. The summed E-state index contributed by atoms with van der Waals surface area (Å²) in [7, 11) is 1.45. The van der Waals surface area contributed by atoms with Gasteiger partial charge in [-0.2, -0.15) is 4.80 Å². The molecule has 27 heavy (non-hydrogen) atoms. The number of aromatic nitrogens is 4. The maximum Gasteiger partial charge on any atom is 0.248 e. The number of rotatable bonds is 5. The molecule has 1 amide bonds. The molecule has 0 aliphatic rings. The van der Waals surface area contributed by atoms with Crippen molar-refractivity contribution >= 4 is 23.2 Å². The van der Waals surface area contributed by atoms with Gasteiger partial charge >= 0.3 is 0 Å². The molecule has 1 N–H and O–H groups in total. The fraction of sp³-hybridized carbons (Fsp3) is 0.176. The van der Waals surface area contributed by atoms with Gasteiger partial charge in [0.2, 0.25) is 11.7 Å². The SMILES string of the molecule is COc1cc(Cl)c(C)cc1NC(=O)Cn1nnc(-c2c(F)cccc2F)n1. The van der Waals surface area contributed by atoms with E-state index in [4.69, 9.17) is 16.3 Å². The summed E-state index contributed by atoms with van der Waals surface area (Å²) >= 11 is 6.03. The number of halogens is 3. The summed E-state index contributed by atoms with van der Waals surface area (Å²) in [6.45, 7) is 1.47. The minimum atomic E-state index is -0.819. The van der Waals surface area contributed by atoms with E-state index in [1.807, 2.05) is 0 Å². The molecule has 140 valence electrons. The van der Waals surface area contributed by atoms with E-state index in [0.29, 0.717) is 16.5 Å². The van der Waals surface area contributed by atoms with Crippen molar-refractivity contribution < 1.29 is 18.3 Å². The van der Waals surface area contributed by atoms with Gasteiger partial charge in [-0.15, -0.1) is 10.2 Å². The number of hydrogen-bond acceptors (Lipinski definition) is 5. The Morgan fingerprint density at radius 3 is 2.67 bits per heavy atom. The lowest BCUT2D eigenvalue weighted by molar-refractivity contribution is -0.117. The number of nitrogens with zero attached hydrogens (tertiary/aromatic N) is 4. The van der Waals surface area contributed by atoms with Gasteiger partial charge in [-0.25, -0.2) is 8.78 Å². The van der Waals surface area contributed by atoms with Gasteiger partial charge in [0.1, 0.15) is 23.9 Å². The fourth-order valence-corrected chi connectivity index (χ4v) is 2.52. The number of carbonyl (C=O) groups excluding carboxylic acids is 1. The Morgan fingerprint density at radius 1 is 1.30 bits per heavy atom. The number of anilines is 1. The highest BCUT2D eigenvalue weighted by Gasteiger charge is 2.17. The van der Waals surface area contributed by atoms with Crippen LogP contribution in [0.4, 0.5) is 14.5 Å². The van der Waals surface area contributed by atoms with Crippen LogP contribution in [-0.2, 0) is 11.3 Å². The van der Waals surface area contributed by atoms with Gasteiger partial charge in [0, 0.05) is 11.1 Å². The third-order valence-electron chi connectivity index (χ3n) is 3.68. The average molecular weight is 394 g/mol. The highest BCUT2D eigenvalue weighted by molar-refractivity contribution is 6.31. The molecular formula is C17H14ClF2N5O2. The summed E-state index contributed by atoms with van der Waals surface area (Å²) in [6, 6.07) is 6.64. The van der Waals surface area contributed by atoms with Gasteiger partial charge in [-0.1, -0.05) is 17.7 Å². The Bertz CT molecular complexity index is 989. The van der Waals surface area contributed by atoms with Crippen LogP contribution in [0.2, 0.25) is 5.02 Å². The van der Waals surface area contributed by atoms with Crippen LogP contribution >= 0.6 is 11.6 Å². The summed E-state index contributed by atoms with van der Waals surface area (Å²) in [6.07, 6.45) is 0. The molecule has 0 spiro atoms. The molecule has 0 radical (unpaired) electrons. The second kappa shape index (κ2) is 7.67. The molecule has 10 heteroatoms. The molecule has 0 atom stereocenters. The normalized spacial score (nSPS) is 10.7. The van der Waals surface area contributed by atoms with Crippen LogP contribution in [-0.4, -0.2) is 33.2 Å². The summed E-state index contributed by atoms with van der Waals surface area (Å²) in [5.74, 6) is -1.98. The number of amides is 1. The van der Waals surface area contributed by atoms with Gasteiger partial charge in [0.05, 0.1) is 18.4 Å². The van der Waals surface area contributed by atoms with Gasteiger partial charge in [-0.05, 0) is 35.9 Å². The van der Waals surface area contributed by atoms with Gasteiger partial charge in [-0.3, -0.25) is 4.79 Å². The second-order valence-electron chi connectivity index (χ2n) is 5.59. The first kappa shape index (κ1) is 18.7. The van der Waals surface area contributed by atoms with Crippen molar-refractivity contribution in [3.63, 3.8) is 0 Å². The van der Waals surface area contributed by atoms with Crippen molar-refractivity contribution in [2.75, 3.05) is 12.4 Å². The number of benzene rings is 2. The van der Waals surface area contributed by atoms with Crippen LogP contribution in [0.25, 0.3) is 11.4 Å². The van der Waals surface area contributed by atoms with Crippen molar-refractivity contribution in [2.24, 2.45) is 0 Å². The highest BCUT2D eigenvalue weighted by atomic mass is 35.5. The Balaban J connectivity index is 1.77. The third-order valence-corrected chi connectivity index (χ3v) is 4.09. The van der Waals surface area contributed by atoms with E-state index >= 15 is 0 Å². The lowest BCUT2D eigenvalue weighted by Crippen LogP contribution is -2.21. The Morgan fingerprint density at radius 2 is 2.00 bits per heavy atom. The Hall–Kier alpha value is -3.07. The molecule has 7 nitrogen and oxygen atoms in total. The number of ether oxygens (including phenoxy) is 1. The number of carbonyl (C=O) groups is 1. The van der Waals surface area contributed by atoms with E-state index in [-0.39, 0.29) is 12.4 Å². The average Bonchev–Trinajstić information content (AvgIpc) is 3.05. The molecule has 0 aliphatic carbocycles. The van der Waals surface area contributed by atoms with Crippen LogP contribution in [0.5, 0.6) is 5.75 Å². The molecule has 0 saturated carbocycles. The quantitative estimate of drug-likeness (QED) is 0.719. The largest absolute Gasteiger partial charge is 0.495 e. The zero-order chi connectivity index (χ0) is 19.6. The van der Waals surface area contributed by atoms with E-state index in [0.717, 1.165) is 22.5 Å². The summed E-state index contributed by atoms with van der Waals surface area (Å²) in [4.78, 5) is 13.2. The lowest BCUT2D eigenvalue weighted by Gasteiger charge is -2.12. The van der Waals surface area contributed by atoms with Crippen LogP contribution in [0.15, 0.2) is 30.3 Å². The molecule has 0 saturated heterocycles. The smallest absolute Gasteiger partial charge is 0.248 e. The maximum absolute atomic E-state index is 13.8. The first-order valence-corrected chi connectivity index (χ1v) is 8.13. The maximum atomic E-state index is 13.8. The number of hydrogen-bond donors (Lipinski definition) is 1. The molecule has 3 aromatic rings. The second-order valence-corrected chi connectivity index (χ2v) is 6.00. The van der Waals surface area contributed by atoms with Crippen molar-refractivity contribution in [2.45, 2.75) is 13.5 Å². The van der Waals surface area contributed by atoms with E-state index < -0.39 is 23.1 Å². The third kappa shape index (κ3) is 4.03. The van der Waals surface area contributed by atoms with Crippen molar-refractivity contribution in [3.05, 3.63) is 52.6 Å². The zero-order valence-corrected chi connectivity index (χ0v) is 15.1. The molecular weight excluding hydrogens is 380 g/mol. The van der Waals surface area contributed by atoms with Crippen LogP contribution < -0.4 is 10.1 Å². The summed E-state index contributed by atoms with van der Waals surface area (Å²) < 4.78 is 32.8. The molecule has 0 aliphatic heterocycles. The number of methoxy groups -OCH3 is 1. The molecule has 0 bridgehead atoms. The molecule has 0 fully saturated rings. The van der Waals surface area contributed by atoms with E-state index in [1.165, 1.54) is 13.2 Å². The van der Waals surface area contributed by atoms with E-state index in [1.54, 1.807) is 19.1 Å². The monoisotopic (exact) mass is 393 g/mol.